The summed E-state index contributed by atoms with van der Waals surface area (Å²) in [5.41, 5.74) is 2.21. The molecule has 23 heavy (non-hydrogen) atoms. The zero-order chi connectivity index (χ0) is 16.1. The minimum Gasteiger partial charge on any atom is -0.390 e. The number of nitrogens with zero attached hydrogens (tertiary/aromatic N) is 1. The number of hydrogen-bond donors (Lipinski definition) is 1. The molecule has 3 rings (SSSR count). The van der Waals surface area contributed by atoms with Gasteiger partial charge in [-0.05, 0) is 11.1 Å². The van der Waals surface area contributed by atoms with Gasteiger partial charge in [-0.1, -0.05) is 60.7 Å². The van der Waals surface area contributed by atoms with Gasteiger partial charge in [-0.3, -0.25) is 9.79 Å². The highest BCUT2D eigenvalue weighted by Crippen LogP contribution is 2.28. The molecule has 2 aromatic rings. The third-order valence-corrected chi connectivity index (χ3v) is 3.68. The van der Waals surface area contributed by atoms with Gasteiger partial charge in [-0.25, -0.2) is 0 Å². The first kappa shape index (κ1) is 15.3. The molecule has 0 fully saturated rings. The van der Waals surface area contributed by atoms with Crippen LogP contribution in [0, 0.1) is 0 Å². The molecular weight excluding hydrogens is 290 g/mol. The van der Waals surface area contributed by atoms with E-state index in [4.69, 9.17) is 4.74 Å². The van der Waals surface area contributed by atoms with E-state index in [2.05, 4.69) is 4.99 Å². The fourth-order valence-corrected chi connectivity index (χ4v) is 2.54. The minimum atomic E-state index is -0.865. The van der Waals surface area contributed by atoms with Crippen LogP contribution in [-0.2, 0) is 9.53 Å². The van der Waals surface area contributed by atoms with E-state index in [1.807, 2.05) is 60.7 Å². The Morgan fingerprint density at radius 1 is 1.00 bits per heavy atom. The molecule has 2 aromatic carbocycles. The first-order chi connectivity index (χ1) is 11.3. The maximum Gasteiger partial charge on any atom is 0.191 e. The minimum absolute atomic E-state index is 0.207. The molecule has 1 atom stereocenters. The Bertz CT molecular complexity index is 683. The lowest BCUT2D eigenvalue weighted by molar-refractivity contribution is -0.124. The van der Waals surface area contributed by atoms with Crippen molar-refractivity contribution in [2.45, 2.75) is 12.2 Å². The van der Waals surface area contributed by atoms with Gasteiger partial charge in [0.2, 0.25) is 0 Å². The summed E-state index contributed by atoms with van der Waals surface area (Å²) in [4.78, 5) is 16.2. The van der Waals surface area contributed by atoms with Gasteiger partial charge < -0.3 is 9.84 Å². The van der Waals surface area contributed by atoms with Crippen LogP contribution >= 0.6 is 0 Å². The number of benzene rings is 2. The molecule has 1 N–H and O–H groups in total. The van der Waals surface area contributed by atoms with Gasteiger partial charge in [0.05, 0.1) is 12.3 Å². The number of hydrogen-bond acceptors (Lipinski definition) is 4. The Balaban J connectivity index is 1.95. The highest BCUT2D eigenvalue weighted by atomic mass is 16.5. The molecule has 4 heteroatoms. The molecule has 0 amide bonds. The topological polar surface area (TPSA) is 58.9 Å². The SMILES string of the molecule is O=C1C=CN=C(CO)C1OC(c1ccccc1)c1ccccc1. The first-order valence-electron chi connectivity index (χ1n) is 7.43. The van der Waals surface area contributed by atoms with Crippen LogP contribution in [0.3, 0.4) is 0 Å². The number of ether oxygens (including phenoxy) is 1. The second kappa shape index (κ2) is 7.13. The van der Waals surface area contributed by atoms with E-state index in [0.717, 1.165) is 11.1 Å². The zero-order valence-corrected chi connectivity index (χ0v) is 12.5. The summed E-state index contributed by atoms with van der Waals surface area (Å²) in [5.74, 6) is -0.207. The van der Waals surface area contributed by atoms with E-state index in [1.165, 1.54) is 12.3 Å². The van der Waals surface area contributed by atoms with Crippen molar-refractivity contribution in [1.29, 1.82) is 0 Å². The van der Waals surface area contributed by atoms with Crippen molar-refractivity contribution in [3.63, 3.8) is 0 Å². The highest BCUT2D eigenvalue weighted by Gasteiger charge is 2.29. The molecule has 1 aliphatic heterocycles. The normalized spacial score (nSPS) is 17.4. The number of rotatable bonds is 5. The second-order valence-electron chi connectivity index (χ2n) is 5.21. The quantitative estimate of drug-likeness (QED) is 0.924. The molecule has 0 saturated carbocycles. The van der Waals surface area contributed by atoms with Crippen molar-refractivity contribution in [2.75, 3.05) is 6.61 Å². The maximum atomic E-state index is 12.2. The van der Waals surface area contributed by atoms with E-state index < -0.39 is 12.2 Å². The zero-order valence-electron chi connectivity index (χ0n) is 12.5. The molecular formula is C19H17NO3. The van der Waals surface area contributed by atoms with Crippen molar-refractivity contribution in [2.24, 2.45) is 4.99 Å². The van der Waals surface area contributed by atoms with Gasteiger partial charge >= 0.3 is 0 Å². The average Bonchev–Trinajstić information content (AvgIpc) is 2.62. The maximum absolute atomic E-state index is 12.2. The third-order valence-electron chi connectivity index (χ3n) is 3.68. The summed E-state index contributed by atoms with van der Waals surface area (Å²) in [6.07, 6.45) is 1.50. The van der Waals surface area contributed by atoms with E-state index in [9.17, 15) is 9.90 Å². The standard InChI is InChI=1S/C19H17NO3/c21-13-16-19(17(22)11-12-20-16)23-18(14-7-3-1-4-8-14)15-9-5-2-6-10-15/h1-12,18-19,21H,13H2. The summed E-state index contributed by atoms with van der Waals surface area (Å²) in [6, 6.07) is 19.4. The predicted molar refractivity (Wildman–Crippen MR) is 88.3 cm³/mol. The number of aliphatic imine (C=N–C) groups is 1. The fourth-order valence-electron chi connectivity index (χ4n) is 2.54. The van der Waals surface area contributed by atoms with Crippen LogP contribution < -0.4 is 0 Å². The molecule has 0 saturated heterocycles. The van der Waals surface area contributed by atoms with Crippen LogP contribution in [0.4, 0.5) is 0 Å². The molecule has 116 valence electrons. The summed E-state index contributed by atoms with van der Waals surface area (Å²) in [5, 5.41) is 9.44. The van der Waals surface area contributed by atoms with Crippen LogP contribution in [0.5, 0.6) is 0 Å². The van der Waals surface area contributed by atoms with Crippen molar-refractivity contribution < 1.29 is 14.6 Å². The lowest BCUT2D eigenvalue weighted by Crippen LogP contribution is -2.37. The predicted octanol–water partition coefficient (Wildman–Crippen LogP) is 2.69. The fraction of sp³-hybridized carbons (Fsp3) is 0.158. The Hall–Kier alpha value is -2.56. The van der Waals surface area contributed by atoms with E-state index in [-0.39, 0.29) is 12.4 Å². The lowest BCUT2D eigenvalue weighted by Gasteiger charge is -2.25. The number of aliphatic hydroxyl groups excluding tert-OH is 1. The van der Waals surface area contributed by atoms with Crippen LogP contribution in [-0.4, -0.2) is 29.3 Å². The molecule has 0 radical (unpaired) electrons. The Morgan fingerprint density at radius 2 is 1.57 bits per heavy atom. The number of carbonyl (C=O) groups excluding carboxylic acids is 1. The van der Waals surface area contributed by atoms with Crippen molar-refractivity contribution in [3.8, 4) is 0 Å². The van der Waals surface area contributed by atoms with Gasteiger partial charge in [0, 0.05) is 12.3 Å². The van der Waals surface area contributed by atoms with Crippen LogP contribution in [0.2, 0.25) is 0 Å². The molecule has 0 spiro atoms. The molecule has 1 unspecified atom stereocenters. The van der Waals surface area contributed by atoms with E-state index in [1.54, 1.807) is 0 Å². The smallest absolute Gasteiger partial charge is 0.191 e. The first-order valence-corrected chi connectivity index (χ1v) is 7.43. The Kier molecular flexibility index (Phi) is 4.76. The van der Waals surface area contributed by atoms with Gasteiger partial charge in [0.15, 0.2) is 11.9 Å². The largest absolute Gasteiger partial charge is 0.390 e. The molecule has 1 aliphatic rings. The molecule has 0 aromatic heterocycles. The number of ketones is 1. The van der Waals surface area contributed by atoms with Gasteiger partial charge in [-0.2, -0.15) is 0 Å². The van der Waals surface area contributed by atoms with Crippen LogP contribution in [0.1, 0.15) is 17.2 Å². The van der Waals surface area contributed by atoms with Crippen molar-refractivity contribution in [3.05, 3.63) is 84.1 Å². The van der Waals surface area contributed by atoms with Crippen molar-refractivity contribution >= 4 is 11.5 Å². The van der Waals surface area contributed by atoms with Gasteiger partial charge in [0.1, 0.15) is 6.10 Å². The van der Waals surface area contributed by atoms with Gasteiger partial charge in [-0.15, -0.1) is 0 Å². The number of aliphatic hydroxyl groups is 1. The molecule has 1 heterocycles. The summed E-state index contributed by atoms with van der Waals surface area (Å²) < 4.78 is 6.09. The van der Waals surface area contributed by atoms with E-state index in [0.29, 0.717) is 5.71 Å². The monoisotopic (exact) mass is 307 g/mol. The average molecular weight is 307 g/mol. The summed E-state index contributed by atoms with van der Waals surface area (Å²) in [7, 11) is 0. The second-order valence-corrected chi connectivity index (χ2v) is 5.21. The Morgan fingerprint density at radius 3 is 2.09 bits per heavy atom. The van der Waals surface area contributed by atoms with Crippen LogP contribution in [0.25, 0.3) is 0 Å². The van der Waals surface area contributed by atoms with Crippen molar-refractivity contribution in [1.82, 2.24) is 0 Å². The lowest BCUT2D eigenvalue weighted by atomic mass is 10.00. The third kappa shape index (κ3) is 3.44. The molecule has 0 bridgehead atoms. The van der Waals surface area contributed by atoms with Crippen LogP contribution in [0.15, 0.2) is 77.9 Å². The molecule has 4 nitrogen and oxygen atoms in total. The Labute approximate surface area is 134 Å². The highest BCUT2D eigenvalue weighted by molar-refractivity contribution is 6.14. The van der Waals surface area contributed by atoms with Gasteiger partial charge in [0.25, 0.3) is 0 Å². The van der Waals surface area contributed by atoms with E-state index >= 15 is 0 Å². The summed E-state index contributed by atoms with van der Waals surface area (Å²) in [6.45, 7) is -0.308. The summed E-state index contributed by atoms with van der Waals surface area (Å²) >= 11 is 0. The number of carbonyl (C=O) groups is 1. The molecule has 0 aliphatic carbocycles.